The third-order valence-corrected chi connectivity index (χ3v) is 8.52. The van der Waals surface area contributed by atoms with Crippen LogP contribution in [0, 0.1) is 13.8 Å². The van der Waals surface area contributed by atoms with Crippen LogP contribution in [0.5, 0.6) is 5.75 Å². The van der Waals surface area contributed by atoms with Crippen molar-refractivity contribution in [1.82, 2.24) is 10.2 Å². The molecule has 2 amide bonds. The molecule has 2 atom stereocenters. The normalized spacial score (nSPS) is 17.0. The van der Waals surface area contributed by atoms with Crippen molar-refractivity contribution in [2.45, 2.75) is 32.9 Å². The molecule has 0 spiro atoms. The van der Waals surface area contributed by atoms with Crippen molar-refractivity contribution in [2.24, 2.45) is 0 Å². The summed E-state index contributed by atoms with van der Waals surface area (Å²) in [5, 5.41) is 3.21. The Bertz CT molecular complexity index is 1600. The zero-order valence-electron chi connectivity index (χ0n) is 24.9. The van der Waals surface area contributed by atoms with Crippen molar-refractivity contribution < 1.29 is 27.5 Å². The number of hydrogen-bond acceptors (Lipinski definition) is 7. The van der Waals surface area contributed by atoms with E-state index in [0.29, 0.717) is 36.9 Å². The van der Waals surface area contributed by atoms with E-state index in [1.807, 2.05) is 62.4 Å². The molecule has 0 bridgehead atoms. The predicted octanol–water partition coefficient (Wildman–Crippen LogP) is 3.65. The van der Waals surface area contributed by atoms with E-state index >= 15 is 0 Å². The van der Waals surface area contributed by atoms with Gasteiger partial charge in [-0.1, -0.05) is 42.5 Å². The number of carbonyl (C=O) groups excluding carboxylic acids is 2. The highest BCUT2D eigenvalue weighted by Crippen LogP contribution is 2.36. The molecule has 0 radical (unpaired) electrons. The molecule has 2 aliphatic heterocycles. The number of fused-ring (bicyclic) bond motifs is 1. The molecule has 0 saturated carbocycles. The number of aryl methyl sites for hydroxylation is 2. The molecule has 11 heteroatoms. The number of morpholine rings is 1. The smallest absolute Gasteiger partial charge is 0.265 e. The molecule has 5 rings (SSSR count). The van der Waals surface area contributed by atoms with Crippen LogP contribution in [0.3, 0.4) is 0 Å². The number of sulfonamides is 1. The third-order valence-electron chi connectivity index (χ3n) is 7.93. The van der Waals surface area contributed by atoms with Gasteiger partial charge in [0.25, 0.3) is 5.91 Å². The van der Waals surface area contributed by atoms with Gasteiger partial charge in [-0.3, -0.25) is 24.1 Å². The molecule has 0 aliphatic carbocycles. The number of nitrogens with zero attached hydrogens (tertiary/aromatic N) is 2. The molecule has 2 unspecified atom stereocenters. The van der Waals surface area contributed by atoms with Gasteiger partial charge in [0.1, 0.15) is 11.8 Å². The SMILES string of the molecule is Cc1cc2c(cc1C)N(C(C)C(=O)NC(CN1CCOCC1)c1ccc(-c3ccccc3NS(C)(=O)=O)cc1)C(=O)CO2. The van der Waals surface area contributed by atoms with Crippen LogP contribution in [0.2, 0.25) is 0 Å². The van der Waals surface area contributed by atoms with E-state index in [1.165, 1.54) is 4.90 Å². The average Bonchev–Trinajstić information content (AvgIpc) is 2.97. The lowest BCUT2D eigenvalue weighted by molar-refractivity contribution is -0.128. The van der Waals surface area contributed by atoms with Crippen LogP contribution in [0.15, 0.2) is 60.7 Å². The Morgan fingerprint density at radius 2 is 1.67 bits per heavy atom. The second kappa shape index (κ2) is 12.7. The minimum Gasteiger partial charge on any atom is -0.482 e. The quantitative estimate of drug-likeness (QED) is 0.382. The van der Waals surface area contributed by atoms with Gasteiger partial charge in [-0.15, -0.1) is 0 Å². The van der Waals surface area contributed by atoms with Gasteiger partial charge in [-0.25, -0.2) is 8.42 Å². The molecule has 3 aromatic carbocycles. The second-order valence-electron chi connectivity index (χ2n) is 11.1. The molecule has 3 aromatic rings. The molecule has 1 fully saturated rings. The van der Waals surface area contributed by atoms with Gasteiger partial charge in [-0.2, -0.15) is 0 Å². The first-order valence-corrected chi connectivity index (χ1v) is 16.2. The Kier molecular flexibility index (Phi) is 9.05. The Morgan fingerprint density at radius 1 is 1.00 bits per heavy atom. The van der Waals surface area contributed by atoms with Gasteiger partial charge in [0.05, 0.1) is 36.9 Å². The molecule has 10 nitrogen and oxygen atoms in total. The standard InChI is InChI=1S/C32H38N4O6S/c1-21-17-29-30(18-22(21)2)42-20-31(37)36(29)23(3)32(38)33-28(19-35-13-15-41-16-14-35)25-11-9-24(10-12-25)26-7-5-6-8-27(26)34-43(4,39)40/h5-12,17-18,23,28,34H,13-16,19-20H2,1-4H3,(H,33,38). The van der Waals surface area contributed by atoms with Crippen molar-refractivity contribution in [3.05, 3.63) is 77.4 Å². The zero-order chi connectivity index (χ0) is 30.7. The van der Waals surface area contributed by atoms with Gasteiger partial charge in [0, 0.05) is 25.2 Å². The van der Waals surface area contributed by atoms with Gasteiger partial charge >= 0.3 is 0 Å². The molecule has 2 N–H and O–H groups in total. The minimum atomic E-state index is -3.45. The fourth-order valence-corrected chi connectivity index (χ4v) is 6.03. The summed E-state index contributed by atoms with van der Waals surface area (Å²) >= 11 is 0. The lowest BCUT2D eigenvalue weighted by atomic mass is 9.99. The van der Waals surface area contributed by atoms with Gasteiger partial charge in [0.2, 0.25) is 15.9 Å². The Labute approximate surface area is 253 Å². The molecule has 1 saturated heterocycles. The average molecular weight is 607 g/mol. The molecular weight excluding hydrogens is 568 g/mol. The summed E-state index contributed by atoms with van der Waals surface area (Å²) in [5.41, 5.74) is 5.62. The molecule has 2 heterocycles. The lowest BCUT2D eigenvalue weighted by Crippen LogP contribution is -2.53. The number of ether oxygens (including phenoxy) is 2. The molecule has 228 valence electrons. The number of nitrogens with one attached hydrogen (secondary N) is 2. The zero-order valence-corrected chi connectivity index (χ0v) is 25.7. The maximum absolute atomic E-state index is 13.8. The number of para-hydroxylation sites is 1. The summed E-state index contributed by atoms with van der Waals surface area (Å²) in [5.74, 6) is 0.0479. The monoisotopic (exact) mass is 606 g/mol. The largest absolute Gasteiger partial charge is 0.482 e. The van der Waals surface area contributed by atoms with Crippen LogP contribution in [0.1, 0.15) is 29.7 Å². The second-order valence-corrected chi connectivity index (χ2v) is 12.9. The number of benzene rings is 3. The number of carbonyl (C=O) groups is 2. The summed E-state index contributed by atoms with van der Waals surface area (Å²) < 4.78 is 37.6. The van der Waals surface area contributed by atoms with E-state index in [4.69, 9.17) is 9.47 Å². The van der Waals surface area contributed by atoms with Crippen molar-refractivity contribution in [1.29, 1.82) is 0 Å². The molecule has 2 aliphatic rings. The Balaban J connectivity index is 1.41. The highest BCUT2D eigenvalue weighted by Gasteiger charge is 2.34. The fraction of sp³-hybridized carbons (Fsp3) is 0.375. The van der Waals surface area contributed by atoms with Crippen LogP contribution in [0.25, 0.3) is 11.1 Å². The van der Waals surface area contributed by atoms with E-state index in [1.54, 1.807) is 19.1 Å². The number of amides is 2. The first-order valence-electron chi connectivity index (χ1n) is 14.3. The van der Waals surface area contributed by atoms with Crippen molar-refractivity contribution in [3.63, 3.8) is 0 Å². The van der Waals surface area contributed by atoms with E-state index in [2.05, 4.69) is 14.9 Å². The molecular formula is C32H38N4O6S. The van der Waals surface area contributed by atoms with E-state index in [9.17, 15) is 18.0 Å². The van der Waals surface area contributed by atoms with Crippen LogP contribution in [-0.2, 0) is 24.3 Å². The summed E-state index contributed by atoms with van der Waals surface area (Å²) in [6, 6.07) is 17.6. The highest BCUT2D eigenvalue weighted by atomic mass is 32.2. The predicted molar refractivity (Wildman–Crippen MR) is 167 cm³/mol. The maximum Gasteiger partial charge on any atom is 0.265 e. The van der Waals surface area contributed by atoms with E-state index < -0.39 is 16.1 Å². The third kappa shape index (κ3) is 7.18. The van der Waals surface area contributed by atoms with Gasteiger partial charge in [-0.05, 0) is 61.2 Å². The highest BCUT2D eigenvalue weighted by molar-refractivity contribution is 7.92. The lowest BCUT2D eigenvalue weighted by Gasteiger charge is -2.35. The summed E-state index contributed by atoms with van der Waals surface area (Å²) in [4.78, 5) is 30.6. The first-order chi connectivity index (χ1) is 20.5. The number of rotatable bonds is 9. The van der Waals surface area contributed by atoms with Crippen molar-refractivity contribution >= 4 is 33.2 Å². The van der Waals surface area contributed by atoms with Crippen LogP contribution >= 0.6 is 0 Å². The Morgan fingerprint density at radius 3 is 2.37 bits per heavy atom. The summed E-state index contributed by atoms with van der Waals surface area (Å²) in [6.45, 7) is 8.87. The van der Waals surface area contributed by atoms with E-state index in [0.717, 1.165) is 47.2 Å². The van der Waals surface area contributed by atoms with Crippen molar-refractivity contribution in [3.8, 4) is 16.9 Å². The van der Waals surface area contributed by atoms with Gasteiger partial charge in [0.15, 0.2) is 6.61 Å². The van der Waals surface area contributed by atoms with E-state index in [-0.39, 0.29) is 24.5 Å². The Hall–Kier alpha value is -3.93. The maximum atomic E-state index is 13.8. The molecule has 0 aromatic heterocycles. The topological polar surface area (TPSA) is 117 Å². The number of hydrogen-bond donors (Lipinski definition) is 2. The van der Waals surface area contributed by atoms with Crippen LogP contribution < -0.4 is 19.7 Å². The van der Waals surface area contributed by atoms with Crippen LogP contribution in [-0.4, -0.2) is 76.9 Å². The number of anilines is 2. The molecule has 43 heavy (non-hydrogen) atoms. The van der Waals surface area contributed by atoms with Gasteiger partial charge < -0.3 is 14.8 Å². The minimum absolute atomic E-state index is 0.124. The summed E-state index contributed by atoms with van der Waals surface area (Å²) in [7, 11) is -3.45. The first kappa shape index (κ1) is 30.5. The van der Waals surface area contributed by atoms with Crippen LogP contribution in [0.4, 0.5) is 11.4 Å². The fourth-order valence-electron chi connectivity index (χ4n) is 5.45. The summed E-state index contributed by atoms with van der Waals surface area (Å²) in [6.07, 6.45) is 1.12. The van der Waals surface area contributed by atoms with Crippen molar-refractivity contribution in [2.75, 3.05) is 55.3 Å².